The van der Waals surface area contributed by atoms with E-state index < -0.39 is 0 Å². The standard InChI is InChI=1S/C15H21N/c1-2-6-13(7-3-1)12-16-11-5-9-14-8-4-10-15(14)16/h1-3,6-7,14-15H,4-5,8-12H2. The summed E-state index contributed by atoms with van der Waals surface area (Å²) in [5.74, 6) is 1.01. The highest BCUT2D eigenvalue weighted by molar-refractivity contribution is 5.14. The van der Waals surface area contributed by atoms with E-state index in [1.54, 1.807) is 0 Å². The third-order valence-corrected chi connectivity index (χ3v) is 4.34. The summed E-state index contributed by atoms with van der Waals surface area (Å²) in [7, 11) is 0. The van der Waals surface area contributed by atoms with Crippen LogP contribution in [0, 0.1) is 5.92 Å². The average Bonchev–Trinajstić information content (AvgIpc) is 2.80. The van der Waals surface area contributed by atoms with Crippen LogP contribution in [-0.4, -0.2) is 17.5 Å². The number of nitrogens with zero attached hydrogens (tertiary/aromatic N) is 1. The Morgan fingerprint density at radius 3 is 2.69 bits per heavy atom. The van der Waals surface area contributed by atoms with E-state index in [-0.39, 0.29) is 0 Å². The SMILES string of the molecule is c1ccc(CN2CCCC3CCCC32)cc1. The molecule has 16 heavy (non-hydrogen) atoms. The molecule has 0 amide bonds. The molecule has 0 N–H and O–H groups in total. The summed E-state index contributed by atoms with van der Waals surface area (Å²) in [6.45, 7) is 2.48. The second kappa shape index (κ2) is 4.58. The van der Waals surface area contributed by atoms with Gasteiger partial charge in [-0.05, 0) is 43.7 Å². The van der Waals surface area contributed by atoms with Gasteiger partial charge in [-0.3, -0.25) is 4.90 Å². The molecule has 0 radical (unpaired) electrons. The van der Waals surface area contributed by atoms with Crippen molar-refractivity contribution in [1.82, 2.24) is 4.90 Å². The molecule has 1 aliphatic heterocycles. The first kappa shape index (κ1) is 10.3. The third kappa shape index (κ3) is 2.01. The molecular weight excluding hydrogens is 194 g/mol. The summed E-state index contributed by atoms with van der Waals surface area (Å²) in [6.07, 6.45) is 7.28. The Balaban J connectivity index is 1.70. The Morgan fingerprint density at radius 1 is 1.00 bits per heavy atom. The monoisotopic (exact) mass is 215 g/mol. The molecule has 3 rings (SSSR count). The molecule has 0 aromatic heterocycles. The van der Waals surface area contributed by atoms with Gasteiger partial charge in [-0.15, -0.1) is 0 Å². The highest BCUT2D eigenvalue weighted by Gasteiger charge is 2.34. The van der Waals surface area contributed by atoms with Gasteiger partial charge in [-0.1, -0.05) is 36.8 Å². The van der Waals surface area contributed by atoms with Crippen LogP contribution in [0.15, 0.2) is 30.3 Å². The molecule has 1 saturated carbocycles. The maximum atomic E-state index is 2.73. The van der Waals surface area contributed by atoms with E-state index in [0.29, 0.717) is 0 Å². The smallest absolute Gasteiger partial charge is 0.0236 e. The molecule has 86 valence electrons. The molecule has 2 fully saturated rings. The van der Waals surface area contributed by atoms with Crippen molar-refractivity contribution in [3.8, 4) is 0 Å². The number of hydrogen-bond acceptors (Lipinski definition) is 1. The van der Waals surface area contributed by atoms with Crippen LogP contribution in [0.1, 0.15) is 37.7 Å². The summed E-state index contributed by atoms with van der Waals surface area (Å²) in [4.78, 5) is 2.73. The van der Waals surface area contributed by atoms with Crippen LogP contribution in [0.3, 0.4) is 0 Å². The number of benzene rings is 1. The van der Waals surface area contributed by atoms with Crippen molar-refractivity contribution in [2.75, 3.05) is 6.54 Å². The van der Waals surface area contributed by atoms with Gasteiger partial charge in [0.2, 0.25) is 0 Å². The Labute approximate surface area is 98.5 Å². The molecule has 1 heteroatoms. The van der Waals surface area contributed by atoms with Crippen molar-refractivity contribution in [3.05, 3.63) is 35.9 Å². The molecule has 2 aliphatic rings. The Morgan fingerprint density at radius 2 is 1.81 bits per heavy atom. The van der Waals surface area contributed by atoms with Gasteiger partial charge in [0, 0.05) is 12.6 Å². The number of piperidine rings is 1. The molecule has 1 aromatic rings. The van der Waals surface area contributed by atoms with Crippen LogP contribution in [-0.2, 0) is 6.54 Å². The van der Waals surface area contributed by atoms with E-state index in [1.165, 1.54) is 50.8 Å². The molecule has 1 aliphatic carbocycles. The lowest BCUT2D eigenvalue weighted by Crippen LogP contribution is -2.41. The maximum absolute atomic E-state index is 2.73. The first-order valence-electron chi connectivity index (χ1n) is 6.71. The largest absolute Gasteiger partial charge is 0.296 e. The molecular formula is C15H21N. The van der Waals surface area contributed by atoms with Crippen molar-refractivity contribution in [2.45, 2.75) is 44.7 Å². The third-order valence-electron chi connectivity index (χ3n) is 4.34. The van der Waals surface area contributed by atoms with Crippen LogP contribution in [0.5, 0.6) is 0 Å². The number of fused-ring (bicyclic) bond motifs is 1. The molecule has 2 atom stereocenters. The van der Waals surface area contributed by atoms with Crippen LogP contribution in [0.4, 0.5) is 0 Å². The number of hydrogen-bond donors (Lipinski definition) is 0. The van der Waals surface area contributed by atoms with Crippen molar-refractivity contribution in [3.63, 3.8) is 0 Å². The topological polar surface area (TPSA) is 3.24 Å². The predicted octanol–water partition coefficient (Wildman–Crippen LogP) is 3.45. The van der Waals surface area contributed by atoms with Gasteiger partial charge in [0.15, 0.2) is 0 Å². The Kier molecular flexibility index (Phi) is 2.96. The van der Waals surface area contributed by atoms with E-state index in [0.717, 1.165) is 12.0 Å². The predicted molar refractivity (Wildman–Crippen MR) is 67.2 cm³/mol. The summed E-state index contributed by atoms with van der Waals surface area (Å²) in [6, 6.07) is 11.8. The minimum atomic E-state index is 0.897. The van der Waals surface area contributed by atoms with Crippen LogP contribution < -0.4 is 0 Å². The lowest BCUT2D eigenvalue weighted by Gasteiger charge is -2.37. The first-order valence-corrected chi connectivity index (χ1v) is 6.71. The number of likely N-dealkylation sites (tertiary alicyclic amines) is 1. The molecule has 1 heterocycles. The lowest BCUT2D eigenvalue weighted by atomic mass is 9.91. The maximum Gasteiger partial charge on any atom is 0.0236 e. The van der Waals surface area contributed by atoms with Crippen LogP contribution >= 0.6 is 0 Å². The highest BCUT2D eigenvalue weighted by atomic mass is 15.2. The molecule has 1 nitrogen and oxygen atoms in total. The van der Waals surface area contributed by atoms with E-state index in [2.05, 4.69) is 35.2 Å². The van der Waals surface area contributed by atoms with Crippen molar-refractivity contribution < 1.29 is 0 Å². The summed E-state index contributed by atoms with van der Waals surface area (Å²) in [5.41, 5.74) is 1.48. The normalized spacial score (nSPS) is 30.2. The van der Waals surface area contributed by atoms with Gasteiger partial charge < -0.3 is 0 Å². The second-order valence-corrected chi connectivity index (χ2v) is 5.36. The fourth-order valence-electron chi connectivity index (χ4n) is 3.57. The molecule has 1 saturated heterocycles. The number of rotatable bonds is 2. The van der Waals surface area contributed by atoms with Gasteiger partial charge in [0.1, 0.15) is 0 Å². The zero-order valence-corrected chi connectivity index (χ0v) is 9.94. The van der Waals surface area contributed by atoms with E-state index in [1.807, 2.05) is 0 Å². The Hall–Kier alpha value is -0.820. The lowest BCUT2D eigenvalue weighted by molar-refractivity contribution is 0.106. The first-order chi connectivity index (χ1) is 7.93. The molecule has 1 aromatic carbocycles. The molecule has 0 spiro atoms. The van der Waals surface area contributed by atoms with Crippen molar-refractivity contribution in [2.24, 2.45) is 5.92 Å². The summed E-state index contributed by atoms with van der Waals surface area (Å²) in [5, 5.41) is 0. The fraction of sp³-hybridized carbons (Fsp3) is 0.600. The van der Waals surface area contributed by atoms with E-state index in [4.69, 9.17) is 0 Å². The minimum absolute atomic E-state index is 0.897. The zero-order chi connectivity index (χ0) is 10.8. The highest BCUT2D eigenvalue weighted by Crippen LogP contribution is 2.37. The van der Waals surface area contributed by atoms with Crippen LogP contribution in [0.2, 0.25) is 0 Å². The zero-order valence-electron chi connectivity index (χ0n) is 9.94. The second-order valence-electron chi connectivity index (χ2n) is 5.36. The van der Waals surface area contributed by atoms with Gasteiger partial charge in [-0.2, -0.15) is 0 Å². The van der Waals surface area contributed by atoms with Crippen LogP contribution in [0.25, 0.3) is 0 Å². The van der Waals surface area contributed by atoms with Gasteiger partial charge >= 0.3 is 0 Å². The molecule has 2 unspecified atom stereocenters. The van der Waals surface area contributed by atoms with Gasteiger partial charge in [-0.25, -0.2) is 0 Å². The van der Waals surface area contributed by atoms with E-state index in [9.17, 15) is 0 Å². The Bertz CT molecular complexity index is 333. The molecule has 0 bridgehead atoms. The quantitative estimate of drug-likeness (QED) is 0.730. The van der Waals surface area contributed by atoms with Crippen molar-refractivity contribution in [1.29, 1.82) is 0 Å². The average molecular weight is 215 g/mol. The van der Waals surface area contributed by atoms with Gasteiger partial charge in [0.25, 0.3) is 0 Å². The van der Waals surface area contributed by atoms with Crippen molar-refractivity contribution >= 4 is 0 Å². The minimum Gasteiger partial charge on any atom is -0.296 e. The summed E-state index contributed by atoms with van der Waals surface area (Å²) >= 11 is 0. The fourth-order valence-corrected chi connectivity index (χ4v) is 3.57. The van der Waals surface area contributed by atoms with Gasteiger partial charge in [0.05, 0.1) is 0 Å². The summed E-state index contributed by atoms with van der Waals surface area (Å²) < 4.78 is 0. The van der Waals surface area contributed by atoms with E-state index >= 15 is 0 Å².